The summed E-state index contributed by atoms with van der Waals surface area (Å²) in [5, 5.41) is 2.96. The van der Waals surface area contributed by atoms with Gasteiger partial charge in [-0.15, -0.1) is 0 Å². The highest BCUT2D eigenvalue weighted by molar-refractivity contribution is 5.76. The molecule has 1 N–H and O–H groups in total. The average Bonchev–Trinajstić information content (AvgIpc) is 2.31. The SMILES string of the molecule is CCOC(=O)CCC(C)(C)CNC(=O)CCC(C)(C)C. The highest BCUT2D eigenvalue weighted by Gasteiger charge is 2.21. The Kier molecular flexibility index (Phi) is 7.84. The van der Waals surface area contributed by atoms with Crippen molar-refractivity contribution in [3.8, 4) is 0 Å². The summed E-state index contributed by atoms with van der Waals surface area (Å²) >= 11 is 0. The Morgan fingerprint density at radius 3 is 2.10 bits per heavy atom. The van der Waals surface area contributed by atoms with Gasteiger partial charge >= 0.3 is 5.97 Å². The summed E-state index contributed by atoms with van der Waals surface area (Å²) < 4.78 is 4.91. The van der Waals surface area contributed by atoms with Gasteiger partial charge in [0.25, 0.3) is 0 Å². The Morgan fingerprint density at radius 2 is 1.60 bits per heavy atom. The van der Waals surface area contributed by atoms with E-state index in [0.717, 1.165) is 6.42 Å². The first-order valence-corrected chi connectivity index (χ1v) is 7.48. The molecule has 0 fully saturated rings. The van der Waals surface area contributed by atoms with Gasteiger partial charge < -0.3 is 10.1 Å². The molecule has 0 saturated carbocycles. The number of hydrogen-bond donors (Lipinski definition) is 1. The van der Waals surface area contributed by atoms with Crippen LogP contribution in [0.3, 0.4) is 0 Å². The van der Waals surface area contributed by atoms with Crippen LogP contribution in [0.5, 0.6) is 0 Å². The molecule has 4 heteroatoms. The third-order valence-corrected chi connectivity index (χ3v) is 3.18. The number of hydrogen-bond acceptors (Lipinski definition) is 3. The van der Waals surface area contributed by atoms with Crippen LogP contribution in [-0.4, -0.2) is 25.0 Å². The summed E-state index contributed by atoms with van der Waals surface area (Å²) in [6.07, 6.45) is 2.55. The lowest BCUT2D eigenvalue weighted by molar-refractivity contribution is -0.143. The van der Waals surface area contributed by atoms with E-state index in [0.29, 0.717) is 32.4 Å². The zero-order valence-corrected chi connectivity index (χ0v) is 14.0. The lowest BCUT2D eigenvalue weighted by atomic mass is 9.87. The standard InChI is InChI=1S/C16H31NO3/c1-7-20-14(19)9-11-16(5,6)12-17-13(18)8-10-15(2,3)4/h7-12H2,1-6H3,(H,17,18). The number of nitrogens with one attached hydrogen (secondary N) is 1. The van der Waals surface area contributed by atoms with E-state index in [1.807, 2.05) is 0 Å². The Balaban J connectivity index is 3.96. The topological polar surface area (TPSA) is 55.4 Å². The van der Waals surface area contributed by atoms with E-state index in [-0.39, 0.29) is 22.7 Å². The van der Waals surface area contributed by atoms with Gasteiger partial charge in [-0.2, -0.15) is 0 Å². The lowest BCUT2D eigenvalue weighted by Gasteiger charge is -2.25. The largest absolute Gasteiger partial charge is 0.466 e. The van der Waals surface area contributed by atoms with Crippen molar-refractivity contribution in [1.29, 1.82) is 0 Å². The van der Waals surface area contributed by atoms with Crippen LogP contribution in [0.25, 0.3) is 0 Å². The number of ether oxygens (including phenoxy) is 1. The predicted octanol–water partition coefficient (Wildman–Crippen LogP) is 3.30. The highest BCUT2D eigenvalue weighted by Crippen LogP contribution is 2.22. The minimum absolute atomic E-state index is 0.0872. The van der Waals surface area contributed by atoms with Crippen LogP contribution in [-0.2, 0) is 14.3 Å². The predicted molar refractivity (Wildman–Crippen MR) is 81.3 cm³/mol. The lowest BCUT2D eigenvalue weighted by Crippen LogP contribution is -2.34. The molecule has 118 valence electrons. The van der Waals surface area contributed by atoms with Crippen LogP contribution in [0.2, 0.25) is 0 Å². The summed E-state index contributed by atoms with van der Waals surface area (Å²) in [4.78, 5) is 23.1. The van der Waals surface area contributed by atoms with Gasteiger partial charge in [0, 0.05) is 19.4 Å². The maximum Gasteiger partial charge on any atom is 0.305 e. The van der Waals surface area contributed by atoms with Crippen LogP contribution in [0.1, 0.15) is 67.2 Å². The first kappa shape index (κ1) is 18.9. The average molecular weight is 285 g/mol. The molecule has 0 aliphatic rings. The molecule has 0 aromatic carbocycles. The smallest absolute Gasteiger partial charge is 0.305 e. The Bertz CT molecular complexity index is 316. The molecule has 0 rings (SSSR count). The monoisotopic (exact) mass is 285 g/mol. The maximum atomic E-state index is 11.8. The number of amides is 1. The number of carbonyl (C=O) groups excluding carboxylic acids is 2. The summed E-state index contributed by atoms with van der Waals surface area (Å²) in [5.41, 5.74) is 0.0842. The van der Waals surface area contributed by atoms with Crippen molar-refractivity contribution in [2.75, 3.05) is 13.2 Å². The number of esters is 1. The fourth-order valence-electron chi connectivity index (χ4n) is 1.68. The van der Waals surface area contributed by atoms with E-state index in [1.54, 1.807) is 6.92 Å². The van der Waals surface area contributed by atoms with Crippen LogP contribution < -0.4 is 5.32 Å². The molecule has 0 aliphatic heterocycles. The zero-order chi connectivity index (χ0) is 15.8. The van der Waals surface area contributed by atoms with Crippen molar-refractivity contribution >= 4 is 11.9 Å². The van der Waals surface area contributed by atoms with Crippen molar-refractivity contribution in [1.82, 2.24) is 5.32 Å². The first-order chi connectivity index (χ1) is 9.06. The summed E-state index contributed by atoms with van der Waals surface area (Å²) in [6, 6.07) is 0. The second-order valence-electron chi connectivity index (χ2n) is 7.31. The quantitative estimate of drug-likeness (QED) is 0.696. The maximum absolute atomic E-state index is 11.8. The van der Waals surface area contributed by atoms with Gasteiger partial charge in [-0.05, 0) is 30.6 Å². The minimum Gasteiger partial charge on any atom is -0.466 e. The van der Waals surface area contributed by atoms with Crippen LogP contribution in [0, 0.1) is 10.8 Å². The number of carbonyl (C=O) groups is 2. The molecule has 20 heavy (non-hydrogen) atoms. The van der Waals surface area contributed by atoms with E-state index >= 15 is 0 Å². The number of rotatable bonds is 8. The fraction of sp³-hybridized carbons (Fsp3) is 0.875. The molecular formula is C16H31NO3. The van der Waals surface area contributed by atoms with E-state index in [4.69, 9.17) is 4.74 Å². The first-order valence-electron chi connectivity index (χ1n) is 7.48. The van der Waals surface area contributed by atoms with Gasteiger partial charge in [-0.1, -0.05) is 34.6 Å². The third-order valence-electron chi connectivity index (χ3n) is 3.18. The molecule has 0 aromatic heterocycles. The molecule has 0 aliphatic carbocycles. The minimum atomic E-state index is -0.167. The zero-order valence-electron chi connectivity index (χ0n) is 14.0. The van der Waals surface area contributed by atoms with Gasteiger partial charge in [0.2, 0.25) is 5.91 Å². The van der Waals surface area contributed by atoms with Crippen molar-refractivity contribution < 1.29 is 14.3 Å². The molecular weight excluding hydrogens is 254 g/mol. The molecule has 4 nitrogen and oxygen atoms in total. The summed E-state index contributed by atoms with van der Waals surface area (Å²) in [6.45, 7) is 13.3. The molecule has 0 atom stereocenters. The van der Waals surface area contributed by atoms with Crippen molar-refractivity contribution in [2.24, 2.45) is 10.8 Å². The summed E-state index contributed by atoms with van der Waals surface area (Å²) in [7, 11) is 0. The Morgan fingerprint density at radius 1 is 1.00 bits per heavy atom. The molecule has 1 amide bonds. The fourth-order valence-corrected chi connectivity index (χ4v) is 1.68. The molecule has 0 saturated heterocycles. The Hall–Kier alpha value is -1.06. The Labute approximate surface area is 123 Å². The molecule has 0 bridgehead atoms. The van der Waals surface area contributed by atoms with Crippen LogP contribution >= 0.6 is 0 Å². The van der Waals surface area contributed by atoms with Crippen LogP contribution in [0.15, 0.2) is 0 Å². The second kappa shape index (κ2) is 8.28. The normalized spacial score (nSPS) is 12.1. The van der Waals surface area contributed by atoms with E-state index in [2.05, 4.69) is 39.9 Å². The van der Waals surface area contributed by atoms with Crippen LogP contribution in [0.4, 0.5) is 0 Å². The van der Waals surface area contributed by atoms with Gasteiger partial charge in [-0.25, -0.2) is 0 Å². The molecule has 0 heterocycles. The van der Waals surface area contributed by atoms with Crippen molar-refractivity contribution in [2.45, 2.75) is 67.2 Å². The molecule has 0 unspecified atom stereocenters. The molecule has 0 spiro atoms. The van der Waals surface area contributed by atoms with E-state index in [1.165, 1.54) is 0 Å². The van der Waals surface area contributed by atoms with Crippen molar-refractivity contribution in [3.05, 3.63) is 0 Å². The van der Waals surface area contributed by atoms with Crippen molar-refractivity contribution in [3.63, 3.8) is 0 Å². The highest BCUT2D eigenvalue weighted by atomic mass is 16.5. The van der Waals surface area contributed by atoms with E-state index < -0.39 is 0 Å². The van der Waals surface area contributed by atoms with Gasteiger partial charge in [0.05, 0.1) is 6.61 Å². The van der Waals surface area contributed by atoms with Gasteiger partial charge in [0.1, 0.15) is 0 Å². The van der Waals surface area contributed by atoms with Gasteiger partial charge in [-0.3, -0.25) is 9.59 Å². The summed E-state index contributed by atoms with van der Waals surface area (Å²) in [5.74, 6) is -0.0798. The van der Waals surface area contributed by atoms with E-state index in [9.17, 15) is 9.59 Å². The molecule has 0 aromatic rings. The second-order valence-corrected chi connectivity index (χ2v) is 7.31. The van der Waals surface area contributed by atoms with Gasteiger partial charge in [0.15, 0.2) is 0 Å². The third kappa shape index (κ3) is 10.8. The molecule has 0 radical (unpaired) electrons.